The van der Waals surface area contributed by atoms with E-state index in [0.29, 0.717) is 18.7 Å². The van der Waals surface area contributed by atoms with Gasteiger partial charge < -0.3 is 20.1 Å². The van der Waals surface area contributed by atoms with Gasteiger partial charge in [0.05, 0.1) is 12.0 Å². The highest BCUT2D eigenvalue weighted by Gasteiger charge is 2.30. The molecule has 0 unspecified atom stereocenters. The highest BCUT2D eigenvalue weighted by Crippen LogP contribution is 2.29. The zero-order valence-corrected chi connectivity index (χ0v) is 14.9. The summed E-state index contributed by atoms with van der Waals surface area (Å²) in [6, 6.07) is 5.77. The van der Waals surface area contributed by atoms with Gasteiger partial charge in [-0.3, -0.25) is 9.69 Å². The number of likely N-dealkylation sites (tertiary alicyclic amines) is 1. The fourth-order valence-corrected chi connectivity index (χ4v) is 3.61. The second kappa shape index (κ2) is 7.09. The lowest BCUT2D eigenvalue weighted by molar-refractivity contribution is -0.116. The maximum absolute atomic E-state index is 11.6. The zero-order chi connectivity index (χ0) is 18.1. The molecule has 2 aromatic rings. The quantitative estimate of drug-likeness (QED) is 0.774. The lowest BCUT2D eigenvalue weighted by atomic mass is 10.0. The summed E-state index contributed by atoms with van der Waals surface area (Å²) in [5, 5.41) is 13.4. The van der Waals surface area contributed by atoms with Gasteiger partial charge in [0, 0.05) is 43.5 Å². The molecule has 0 radical (unpaired) electrons. The van der Waals surface area contributed by atoms with Crippen molar-refractivity contribution in [1.29, 1.82) is 0 Å². The molecule has 2 aliphatic heterocycles. The minimum absolute atomic E-state index is 0.0386. The topological polar surface area (TPSA) is 90.5 Å². The van der Waals surface area contributed by atoms with Gasteiger partial charge >= 0.3 is 0 Å². The van der Waals surface area contributed by atoms with Gasteiger partial charge in [-0.2, -0.15) is 0 Å². The minimum Gasteiger partial charge on any atom is -0.488 e. The Bertz CT molecular complexity index is 804. The van der Waals surface area contributed by atoms with Gasteiger partial charge in [0.1, 0.15) is 18.0 Å². The van der Waals surface area contributed by atoms with E-state index in [0.717, 1.165) is 48.6 Å². The number of amides is 1. The summed E-state index contributed by atoms with van der Waals surface area (Å²) in [4.78, 5) is 21.2. The van der Waals surface area contributed by atoms with Gasteiger partial charge in [-0.25, -0.2) is 4.98 Å². The summed E-state index contributed by atoms with van der Waals surface area (Å²) in [6.45, 7) is 4.13. The summed E-state index contributed by atoms with van der Waals surface area (Å²) < 4.78 is 6.03. The molecular formula is C19H24N4O3. The first-order valence-corrected chi connectivity index (χ1v) is 9.07. The second-order valence-electron chi connectivity index (χ2n) is 7.09. The summed E-state index contributed by atoms with van der Waals surface area (Å²) in [7, 11) is 0. The lowest BCUT2D eigenvalue weighted by Gasteiger charge is -2.35. The number of anilines is 1. The van der Waals surface area contributed by atoms with Crippen LogP contribution < -0.4 is 10.1 Å². The van der Waals surface area contributed by atoms with Crippen LogP contribution in [0, 0.1) is 6.92 Å². The third kappa shape index (κ3) is 3.59. The molecule has 1 aromatic heterocycles. The Morgan fingerprint density at radius 1 is 1.38 bits per heavy atom. The van der Waals surface area contributed by atoms with E-state index in [1.54, 1.807) is 6.33 Å². The van der Waals surface area contributed by atoms with Crippen LogP contribution >= 0.6 is 0 Å². The molecule has 1 fully saturated rings. The Labute approximate surface area is 152 Å². The van der Waals surface area contributed by atoms with Crippen LogP contribution in [0.3, 0.4) is 0 Å². The summed E-state index contributed by atoms with van der Waals surface area (Å²) in [5.74, 6) is 0.725. The first-order chi connectivity index (χ1) is 12.6. The Balaban J connectivity index is 1.37. The van der Waals surface area contributed by atoms with Gasteiger partial charge in [-0.1, -0.05) is 6.07 Å². The number of benzene rings is 1. The number of fused-ring (bicyclic) bond motifs is 1. The number of H-pyrrole nitrogens is 1. The van der Waals surface area contributed by atoms with E-state index in [2.05, 4.69) is 20.2 Å². The number of carbonyl (C=O) groups is 1. The number of aromatic nitrogens is 2. The lowest BCUT2D eigenvalue weighted by Crippen LogP contribution is -2.48. The number of aromatic amines is 1. The molecule has 3 heterocycles. The number of β-amino-alcohol motifs (C(OH)–C–C–N with tert-alkyl or cyclic N) is 1. The van der Waals surface area contributed by atoms with Crippen molar-refractivity contribution in [3.63, 3.8) is 0 Å². The first-order valence-electron chi connectivity index (χ1n) is 9.07. The molecule has 0 spiro atoms. The predicted molar refractivity (Wildman–Crippen MR) is 97.0 cm³/mol. The normalized spacial score (nSPS) is 23.4. The van der Waals surface area contributed by atoms with E-state index in [1.807, 2.05) is 25.1 Å². The molecule has 2 atom stereocenters. The number of ether oxygens (including phenoxy) is 1. The van der Waals surface area contributed by atoms with Crippen LogP contribution in [0.15, 0.2) is 24.5 Å². The van der Waals surface area contributed by atoms with Crippen molar-refractivity contribution in [3.8, 4) is 5.75 Å². The van der Waals surface area contributed by atoms with Gasteiger partial charge in [-0.05, 0) is 31.4 Å². The monoisotopic (exact) mass is 356 g/mol. The summed E-state index contributed by atoms with van der Waals surface area (Å²) >= 11 is 0. The Morgan fingerprint density at radius 3 is 3.04 bits per heavy atom. The average Bonchev–Trinajstić information content (AvgIpc) is 3.02. The van der Waals surface area contributed by atoms with Crippen LogP contribution in [0.2, 0.25) is 0 Å². The van der Waals surface area contributed by atoms with Crippen LogP contribution in [-0.2, 0) is 17.8 Å². The molecule has 0 aliphatic carbocycles. The number of imidazole rings is 1. The van der Waals surface area contributed by atoms with Crippen molar-refractivity contribution >= 4 is 11.6 Å². The van der Waals surface area contributed by atoms with Gasteiger partial charge in [0.2, 0.25) is 5.91 Å². The van der Waals surface area contributed by atoms with Crippen LogP contribution in [0.4, 0.5) is 5.69 Å². The largest absolute Gasteiger partial charge is 0.488 e. The van der Waals surface area contributed by atoms with Crippen LogP contribution in [0.1, 0.15) is 29.8 Å². The van der Waals surface area contributed by atoms with E-state index >= 15 is 0 Å². The van der Waals surface area contributed by atoms with Crippen molar-refractivity contribution in [2.75, 3.05) is 18.4 Å². The number of aliphatic hydroxyl groups excluding tert-OH is 1. The van der Waals surface area contributed by atoms with E-state index in [-0.39, 0.29) is 12.0 Å². The summed E-state index contributed by atoms with van der Waals surface area (Å²) in [5.41, 5.74) is 4.03. The Morgan fingerprint density at radius 2 is 2.27 bits per heavy atom. The SMILES string of the molecule is Cc1[nH]cnc1CN1CC[C@@H](Oc2ccc3c(c2)NC(=O)CC3)[C@H](O)C1. The molecule has 1 saturated heterocycles. The molecule has 138 valence electrons. The number of nitrogens with zero attached hydrogens (tertiary/aromatic N) is 2. The highest BCUT2D eigenvalue weighted by atomic mass is 16.5. The van der Waals surface area contributed by atoms with Crippen molar-refractivity contribution in [3.05, 3.63) is 41.5 Å². The summed E-state index contributed by atoms with van der Waals surface area (Å²) in [6.07, 6.45) is 2.92. The van der Waals surface area contributed by atoms with E-state index < -0.39 is 6.10 Å². The number of aryl methyl sites for hydroxylation is 2. The predicted octanol–water partition coefficient (Wildman–Crippen LogP) is 1.62. The minimum atomic E-state index is -0.561. The fourth-order valence-electron chi connectivity index (χ4n) is 3.61. The highest BCUT2D eigenvalue weighted by molar-refractivity contribution is 5.94. The number of carbonyl (C=O) groups excluding carboxylic acids is 1. The smallest absolute Gasteiger partial charge is 0.224 e. The van der Waals surface area contributed by atoms with Crippen molar-refractivity contribution < 1.29 is 14.6 Å². The molecule has 4 rings (SSSR count). The molecule has 1 aromatic carbocycles. The number of rotatable bonds is 4. The van der Waals surface area contributed by atoms with Crippen molar-refractivity contribution in [1.82, 2.24) is 14.9 Å². The van der Waals surface area contributed by atoms with Crippen molar-refractivity contribution in [2.24, 2.45) is 0 Å². The van der Waals surface area contributed by atoms with Gasteiger partial charge in [0.25, 0.3) is 0 Å². The van der Waals surface area contributed by atoms with Crippen LogP contribution in [0.25, 0.3) is 0 Å². The van der Waals surface area contributed by atoms with Gasteiger partial charge in [-0.15, -0.1) is 0 Å². The third-order valence-electron chi connectivity index (χ3n) is 5.18. The number of hydrogen-bond donors (Lipinski definition) is 3. The van der Waals surface area contributed by atoms with Crippen molar-refractivity contribution in [2.45, 2.75) is 44.9 Å². The molecular weight excluding hydrogens is 332 g/mol. The van der Waals surface area contributed by atoms with E-state index in [9.17, 15) is 9.90 Å². The molecule has 1 amide bonds. The molecule has 26 heavy (non-hydrogen) atoms. The Kier molecular flexibility index (Phi) is 4.65. The molecule has 0 bridgehead atoms. The maximum atomic E-state index is 11.6. The number of aliphatic hydroxyl groups is 1. The molecule has 7 heteroatoms. The molecule has 0 saturated carbocycles. The van der Waals surface area contributed by atoms with Crippen LogP contribution in [-0.4, -0.2) is 51.2 Å². The molecule has 3 N–H and O–H groups in total. The Hall–Kier alpha value is -2.38. The number of hydrogen-bond acceptors (Lipinski definition) is 5. The maximum Gasteiger partial charge on any atom is 0.224 e. The van der Waals surface area contributed by atoms with E-state index in [4.69, 9.17) is 4.74 Å². The third-order valence-corrected chi connectivity index (χ3v) is 5.18. The number of piperidine rings is 1. The molecule has 7 nitrogen and oxygen atoms in total. The zero-order valence-electron chi connectivity index (χ0n) is 14.9. The average molecular weight is 356 g/mol. The standard InChI is InChI=1S/C19H24N4O3/c1-12-16(21-11-20-12)9-23-7-6-18(17(24)10-23)26-14-4-2-13-3-5-19(25)22-15(13)8-14/h2,4,8,11,17-18,24H,3,5-7,9-10H2,1H3,(H,20,21)(H,22,25)/t17-,18-/m1/s1. The van der Waals surface area contributed by atoms with Crippen LogP contribution in [0.5, 0.6) is 5.75 Å². The number of nitrogens with one attached hydrogen (secondary N) is 2. The van der Waals surface area contributed by atoms with Gasteiger partial charge in [0.15, 0.2) is 0 Å². The molecule has 2 aliphatic rings. The second-order valence-corrected chi connectivity index (χ2v) is 7.09. The van der Waals surface area contributed by atoms with E-state index in [1.165, 1.54) is 0 Å². The fraction of sp³-hybridized carbons (Fsp3) is 0.474. The first kappa shape index (κ1) is 17.1.